The van der Waals surface area contributed by atoms with Gasteiger partial charge < -0.3 is 4.84 Å². The molecule has 0 saturated heterocycles. The number of oxime groups is 1. The van der Waals surface area contributed by atoms with Gasteiger partial charge in [-0.2, -0.15) is 31.6 Å². The molecule has 1 atom stereocenters. The molecule has 0 aromatic carbocycles. The van der Waals surface area contributed by atoms with Gasteiger partial charge in [0.2, 0.25) is 0 Å². The quantitative estimate of drug-likeness (QED) is 0.469. The van der Waals surface area contributed by atoms with Crippen LogP contribution in [0.1, 0.15) is 32.1 Å². The molecule has 25 heavy (non-hydrogen) atoms. The molecule has 0 amide bonds. The Morgan fingerprint density at radius 3 is 2.08 bits per heavy atom. The first-order valence-electron chi connectivity index (χ1n) is 7.38. The van der Waals surface area contributed by atoms with Crippen LogP contribution in [0.15, 0.2) is 5.16 Å². The van der Waals surface area contributed by atoms with Crippen molar-refractivity contribution >= 4 is 17.5 Å². The second-order valence-corrected chi connectivity index (χ2v) is 6.89. The number of hydrogen-bond donors (Lipinski definition) is 0. The van der Waals surface area contributed by atoms with E-state index < -0.39 is 35.4 Å². The molecule has 1 fully saturated rings. The standard InChI is InChI=1S/C14H17F7N2OS/c1-24-23-10-4-2-9(3-5-10)11(8-22)25-7-6-12(15,13(16,17)18)14(19,20)21/h9,11H,2-7H2,1H3. The van der Waals surface area contributed by atoms with E-state index >= 15 is 0 Å². The lowest BCUT2D eigenvalue weighted by Crippen LogP contribution is -2.53. The van der Waals surface area contributed by atoms with Gasteiger partial charge in [0.1, 0.15) is 7.11 Å². The molecule has 3 nitrogen and oxygen atoms in total. The average molecular weight is 394 g/mol. The minimum atomic E-state index is -6.05. The van der Waals surface area contributed by atoms with Gasteiger partial charge in [-0.1, -0.05) is 5.16 Å². The van der Waals surface area contributed by atoms with Crippen LogP contribution in [0.2, 0.25) is 0 Å². The number of alkyl halides is 7. The summed E-state index contributed by atoms with van der Waals surface area (Å²) in [5, 5.41) is 12.1. The Hall–Kier alpha value is -1.18. The minimum Gasteiger partial charge on any atom is -0.399 e. The SMILES string of the molecule is CON=C1CCC(C(C#N)SCCC(F)(C(F)(F)F)C(F)(F)F)CC1. The molecule has 0 heterocycles. The summed E-state index contributed by atoms with van der Waals surface area (Å²) in [6.45, 7) is 0. The van der Waals surface area contributed by atoms with E-state index in [9.17, 15) is 30.7 Å². The Kier molecular flexibility index (Phi) is 7.40. The zero-order valence-electron chi connectivity index (χ0n) is 13.3. The summed E-state index contributed by atoms with van der Waals surface area (Å²) in [6, 6.07) is 1.89. The van der Waals surface area contributed by atoms with Crippen LogP contribution in [0.25, 0.3) is 0 Å². The van der Waals surface area contributed by atoms with Crippen molar-refractivity contribution in [3.63, 3.8) is 0 Å². The predicted octanol–water partition coefficient (Wildman–Crippen LogP) is 5.03. The molecule has 1 unspecified atom stereocenters. The van der Waals surface area contributed by atoms with E-state index in [0.29, 0.717) is 37.4 Å². The number of thioether (sulfide) groups is 1. The van der Waals surface area contributed by atoms with Gasteiger partial charge in [-0.05, 0) is 37.4 Å². The van der Waals surface area contributed by atoms with Crippen LogP contribution < -0.4 is 0 Å². The Morgan fingerprint density at radius 2 is 1.68 bits per heavy atom. The fourth-order valence-electron chi connectivity index (χ4n) is 2.55. The lowest BCUT2D eigenvalue weighted by Gasteiger charge is -2.31. The van der Waals surface area contributed by atoms with E-state index in [0.717, 1.165) is 5.71 Å². The first-order valence-corrected chi connectivity index (χ1v) is 8.43. The zero-order valence-corrected chi connectivity index (χ0v) is 14.1. The number of halogens is 7. The maximum atomic E-state index is 13.6. The van der Waals surface area contributed by atoms with Gasteiger partial charge in [-0.25, -0.2) is 4.39 Å². The van der Waals surface area contributed by atoms with Gasteiger partial charge in [0.25, 0.3) is 5.67 Å². The number of nitrogens with zero attached hydrogens (tertiary/aromatic N) is 2. The highest BCUT2D eigenvalue weighted by molar-refractivity contribution is 8.00. The van der Waals surface area contributed by atoms with Crippen LogP contribution >= 0.6 is 11.8 Å². The number of nitriles is 1. The monoisotopic (exact) mass is 394 g/mol. The third-order valence-corrected chi connectivity index (χ3v) is 5.32. The minimum absolute atomic E-state index is 0.198. The van der Waals surface area contributed by atoms with Crippen molar-refractivity contribution in [2.24, 2.45) is 11.1 Å². The van der Waals surface area contributed by atoms with E-state index in [1.807, 2.05) is 6.07 Å². The van der Waals surface area contributed by atoms with Gasteiger partial charge >= 0.3 is 12.4 Å². The molecule has 1 aliphatic carbocycles. The van der Waals surface area contributed by atoms with Gasteiger partial charge in [0.15, 0.2) is 0 Å². The molecule has 11 heteroatoms. The summed E-state index contributed by atoms with van der Waals surface area (Å²) < 4.78 is 88.5. The van der Waals surface area contributed by atoms with E-state index in [4.69, 9.17) is 5.26 Å². The van der Waals surface area contributed by atoms with E-state index in [-0.39, 0.29) is 5.92 Å². The third kappa shape index (κ3) is 5.39. The van der Waals surface area contributed by atoms with E-state index in [1.165, 1.54) is 7.11 Å². The highest BCUT2D eigenvalue weighted by atomic mass is 32.2. The molecule has 0 radical (unpaired) electrons. The maximum Gasteiger partial charge on any atom is 0.431 e. The molecule has 0 aromatic rings. The van der Waals surface area contributed by atoms with Crippen LogP contribution in [-0.2, 0) is 4.84 Å². The molecule has 1 aliphatic rings. The Labute approximate surface area is 144 Å². The molecule has 0 aliphatic heterocycles. The summed E-state index contributed by atoms with van der Waals surface area (Å²) >= 11 is 0.630. The van der Waals surface area contributed by atoms with Crippen molar-refractivity contribution in [3.8, 4) is 6.07 Å². The van der Waals surface area contributed by atoms with Crippen LogP contribution in [0.3, 0.4) is 0 Å². The fraction of sp³-hybridized carbons (Fsp3) is 0.857. The summed E-state index contributed by atoms with van der Waals surface area (Å²) in [5.41, 5.74) is -4.48. The zero-order chi connectivity index (χ0) is 19.3. The van der Waals surface area contributed by atoms with E-state index in [2.05, 4.69) is 9.99 Å². The van der Waals surface area contributed by atoms with Crippen LogP contribution in [0.4, 0.5) is 30.7 Å². The van der Waals surface area contributed by atoms with Crippen LogP contribution in [-0.4, -0.2) is 41.8 Å². The number of hydrogen-bond acceptors (Lipinski definition) is 4. The van der Waals surface area contributed by atoms with Crippen molar-refractivity contribution in [3.05, 3.63) is 0 Å². The molecule has 0 bridgehead atoms. The van der Waals surface area contributed by atoms with Crippen molar-refractivity contribution in [1.82, 2.24) is 0 Å². The van der Waals surface area contributed by atoms with Crippen molar-refractivity contribution in [2.45, 2.75) is 55.4 Å². The topological polar surface area (TPSA) is 45.4 Å². The highest BCUT2D eigenvalue weighted by Gasteiger charge is 2.71. The van der Waals surface area contributed by atoms with Gasteiger partial charge in [-0.15, -0.1) is 11.8 Å². The normalized spacial score (nSPS) is 20.8. The Morgan fingerprint density at radius 1 is 1.16 bits per heavy atom. The van der Waals surface area contributed by atoms with Gasteiger partial charge in [0.05, 0.1) is 17.0 Å². The molecular weight excluding hydrogens is 377 g/mol. The number of rotatable bonds is 6. The summed E-state index contributed by atoms with van der Waals surface area (Å²) in [5.74, 6) is -0.958. The first kappa shape index (κ1) is 21.9. The maximum absolute atomic E-state index is 13.6. The summed E-state index contributed by atoms with van der Waals surface area (Å²) in [7, 11) is 1.39. The highest BCUT2D eigenvalue weighted by Crippen LogP contribution is 2.49. The Balaban J connectivity index is 2.63. The summed E-state index contributed by atoms with van der Waals surface area (Å²) in [6.07, 6.45) is -11.8. The third-order valence-electron chi connectivity index (χ3n) is 4.03. The first-order chi connectivity index (χ1) is 11.5. The van der Waals surface area contributed by atoms with Crippen LogP contribution in [0, 0.1) is 17.2 Å². The molecule has 0 aromatic heterocycles. The molecule has 1 saturated carbocycles. The fourth-order valence-corrected chi connectivity index (χ4v) is 3.82. The summed E-state index contributed by atoms with van der Waals surface area (Å²) in [4.78, 5) is 4.63. The molecule has 144 valence electrons. The lowest BCUT2D eigenvalue weighted by atomic mass is 9.86. The van der Waals surface area contributed by atoms with Crippen molar-refractivity contribution in [1.29, 1.82) is 5.26 Å². The van der Waals surface area contributed by atoms with Crippen molar-refractivity contribution < 1.29 is 35.6 Å². The molecule has 1 rings (SSSR count). The van der Waals surface area contributed by atoms with E-state index in [1.54, 1.807) is 0 Å². The second kappa shape index (κ2) is 8.47. The molecular formula is C14H17F7N2OS. The smallest absolute Gasteiger partial charge is 0.399 e. The van der Waals surface area contributed by atoms with Gasteiger partial charge in [0, 0.05) is 6.42 Å². The van der Waals surface area contributed by atoms with Crippen LogP contribution in [0.5, 0.6) is 0 Å². The van der Waals surface area contributed by atoms with Crippen molar-refractivity contribution in [2.75, 3.05) is 12.9 Å². The second-order valence-electron chi connectivity index (χ2n) is 5.64. The molecule has 0 N–H and O–H groups in total. The largest absolute Gasteiger partial charge is 0.431 e. The predicted molar refractivity (Wildman–Crippen MR) is 78.8 cm³/mol. The van der Waals surface area contributed by atoms with Gasteiger partial charge in [-0.3, -0.25) is 0 Å². The Bertz CT molecular complexity index is 489. The molecule has 0 spiro atoms. The average Bonchev–Trinajstić information content (AvgIpc) is 2.50. The lowest BCUT2D eigenvalue weighted by molar-refractivity contribution is -0.341.